The topological polar surface area (TPSA) is 128 Å². The van der Waals surface area contributed by atoms with Gasteiger partial charge in [-0.2, -0.15) is 0 Å². The summed E-state index contributed by atoms with van der Waals surface area (Å²) in [4.78, 5) is 22.7. The van der Waals surface area contributed by atoms with Gasteiger partial charge in [0, 0.05) is 12.6 Å². The van der Waals surface area contributed by atoms with E-state index in [0.717, 1.165) is 0 Å². The molecule has 0 saturated heterocycles. The Labute approximate surface area is 169 Å². The molecule has 0 aliphatic carbocycles. The molecule has 2 aromatic rings. The van der Waals surface area contributed by atoms with E-state index in [0.29, 0.717) is 35.5 Å². The third-order valence-electron chi connectivity index (χ3n) is 4.13. The van der Waals surface area contributed by atoms with Crippen molar-refractivity contribution < 1.29 is 22.9 Å². The zero-order valence-electron chi connectivity index (χ0n) is 16.4. The zero-order valence-corrected chi connectivity index (χ0v) is 17.2. The van der Waals surface area contributed by atoms with Crippen LogP contribution in [0.4, 0.5) is 11.4 Å². The van der Waals surface area contributed by atoms with Crippen LogP contribution in [0.1, 0.15) is 24.5 Å². The molecule has 0 heterocycles. The largest absolute Gasteiger partial charge is 0.483 e. The van der Waals surface area contributed by atoms with Crippen molar-refractivity contribution in [3.05, 3.63) is 57.6 Å². The molecule has 0 fully saturated rings. The van der Waals surface area contributed by atoms with Gasteiger partial charge >= 0.3 is 0 Å². The highest BCUT2D eigenvalue weighted by molar-refractivity contribution is 7.89. The highest BCUT2D eigenvalue weighted by Crippen LogP contribution is 2.25. The molecule has 0 unspecified atom stereocenters. The maximum Gasteiger partial charge on any atom is 0.274 e. The molecule has 0 spiro atoms. The van der Waals surface area contributed by atoms with Gasteiger partial charge in [-0.3, -0.25) is 14.9 Å². The molecule has 2 rings (SSSR count). The maximum absolute atomic E-state index is 12.2. The third kappa shape index (κ3) is 5.75. The number of carbonyl (C=O) groups is 1. The summed E-state index contributed by atoms with van der Waals surface area (Å²) in [5.74, 6) is -0.125. The van der Waals surface area contributed by atoms with Crippen molar-refractivity contribution in [2.24, 2.45) is 0 Å². The number of nitro benzene ring substituents is 1. The summed E-state index contributed by atoms with van der Waals surface area (Å²) in [6.07, 6.45) is 0.679. The quantitative estimate of drug-likeness (QED) is 0.473. The highest BCUT2D eigenvalue weighted by atomic mass is 32.2. The lowest BCUT2D eigenvalue weighted by Crippen LogP contribution is -2.24. The van der Waals surface area contributed by atoms with Crippen LogP contribution >= 0.6 is 0 Å². The molecule has 1 amide bonds. The normalized spacial score (nSPS) is 11.1. The number of rotatable bonds is 9. The number of anilines is 1. The Bertz CT molecular complexity index is 1020. The Kier molecular flexibility index (Phi) is 7.29. The third-order valence-corrected chi connectivity index (χ3v) is 5.59. The summed E-state index contributed by atoms with van der Waals surface area (Å²) in [6, 6.07) is 8.77. The Hall–Kier alpha value is -2.98. The average molecular weight is 421 g/mol. The molecular formula is C19H23N3O6S. The van der Waals surface area contributed by atoms with E-state index in [1.54, 1.807) is 19.9 Å². The summed E-state index contributed by atoms with van der Waals surface area (Å²) in [7, 11) is -3.59. The second-order valence-corrected chi connectivity index (χ2v) is 8.14. The minimum absolute atomic E-state index is 0.0898. The van der Waals surface area contributed by atoms with Gasteiger partial charge in [0.2, 0.25) is 10.0 Å². The number of hydrogen-bond acceptors (Lipinski definition) is 6. The summed E-state index contributed by atoms with van der Waals surface area (Å²) in [5.41, 5.74) is 1.14. The second-order valence-electron chi connectivity index (χ2n) is 6.37. The molecule has 0 aliphatic heterocycles. The van der Waals surface area contributed by atoms with Crippen LogP contribution in [0.5, 0.6) is 5.75 Å². The minimum Gasteiger partial charge on any atom is -0.483 e. The van der Waals surface area contributed by atoms with Gasteiger partial charge in [0.25, 0.3) is 11.6 Å². The molecule has 10 heteroatoms. The first kappa shape index (κ1) is 22.3. The Morgan fingerprint density at radius 2 is 1.93 bits per heavy atom. The molecule has 0 aliphatic rings. The van der Waals surface area contributed by atoms with Crippen molar-refractivity contribution in [1.29, 1.82) is 0 Å². The molecule has 29 heavy (non-hydrogen) atoms. The van der Waals surface area contributed by atoms with E-state index >= 15 is 0 Å². The van der Waals surface area contributed by atoms with Crippen LogP contribution in [-0.2, 0) is 14.8 Å². The van der Waals surface area contributed by atoms with Crippen molar-refractivity contribution in [1.82, 2.24) is 4.72 Å². The smallest absolute Gasteiger partial charge is 0.274 e. The fourth-order valence-electron chi connectivity index (χ4n) is 2.56. The van der Waals surface area contributed by atoms with Crippen LogP contribution in [-0.4, -0.2) is 32.4 Å². The molecule has 0 radical (unpaired) electrons. The van der Waals surface area contributed by atoms with Gasteiger partial charge in [-0.1, -0.05) is 13.0 Å². The van der Waals surface area contributed by atoms with Crippen molar-refractivity contribution in [2.75, 3.05) is 18.5 Å². The Morgan fingerprint density at radius 1 is 1.21 bits per heavy atom. The molecule has 2 N–H and O–H groups in total. The number of ether oxygens (including phenoxy) is 1. The molecular weight excluding hydrogens is 398 g/mol. The summed E-state index contributed by atoms with van der Waals surface area (Å²) in [6.45, 7) is 5.10. The number of benzene rings is 2. The monoisotopic (exact) mass is 421 g/mol. The van der Waals surface area contributed by atoms with E-state index < -0.39 is 20.9 Å². The SMILES string of the molecule is CCCNS(=O)(=O)c1ccc(OCC(=O)Nc2cccc([N+](=O)[O-])c2C)c(C)c1. The summed E-state index contributed by atoms with van der Waals surface area (Å²) >= 11 is 0. The van der Waals surface area contributed by atoms with Crippen LogP contribution in [0.3, 0.4) is 0 Å². The van der Waals surface area contributed by atoms with Crippen LogP contribution in [0.2, 0.25) is 0 Å². The number of nitro groups is 1. The van der Waals surface area contributed by atoms with Crippen molar-refractivity contribution in [2.45, 2.75) is 32.1 Å². The molecule has 0 bridgehead atoms. The van der Waals surface area contributed by atoms with Gasteiger partial charge in [-0.25, -0.2) is 13.1 Å². The van der Waals surface area contributed by atoms with E-state index in [1.165, 1.54) is 30.3 Å². The lowest BCUT2D eigenvalue weighted by molar-refractivity contribution is -0.385. The van der Waals surface area contributed by atoms with Crippen molar-refractivity contribution in [3.63, 3.8) is 0 Å². The number of amides is 1. The number of carbonyl (C=O) groups excluding carboxylic acids is 1. The number of hydrogen-bond donors (Lipinski definition) is 2. The molecule has 0 saturated carbocycles. The first-order valence-electron chi connectivity index (χ1n) is 8.92. The predicted octanol–water partition coefficient (Wildman–Crippen LogP) is 2.92. The standard InChI is InChI=1S/C19H23N3O6S/c1-4-10-20-29(26,27)15-8-9-18(13(2)11-15)28-12-19(23)21-16-6-5-7-17(14(16)3)22(24)25/h5-9,11,20H,4,10,12H2,1-3H3,(H,21,23). The van der Waals surface area contributed by atoms with Crippen LogP contribution in [0, 0.1) is 24.0 Å². The average Bonchev–Trinajstić information content (AvgIpc) is 2.66. The lowest BCUT2D eigenvalue weighted by atomic mass is 10.1. The maximum atomic E-state index is 12.2. The molecule has 0 atom stereocenters. The fraction of sp³-hybridized carbons (Fsp3) is 0.316. The highest BCUT2D eigenvalue weighted by Gasteiger charge is 2.17. The molecule has 2 aromatic carbocycles. The van der Waals surface area contributed by atoms with Gasteiger partial charge < -0.3 is 10.1 Å². The van der Waals surface area contributed by atoms with Gasteiger partial charge in [-0.05, 0) is 50.1 Å². The van der Waals surface area contributed by atoms with Crippen LogP contribution in [0.15, 0.2) is 41.3 Å². The van der Waals surface area contributed by atoms with E-state index in [1.807, 2.05) is 6.92 Å². The minimum atomic E-state index is -3.59. The number of sulfonamides is 1. The fourth-order valence-corrected chi connectivity index (χ4v) is 3.78. The van der Waals surface area contributed by atoms with E-state index in [2.05, 4.69) is 10.0 Å². The van der Waals surface area contributed by atoms with Crippen molar-refractivity contribution in [3.8, 4) is 5.75 Å². The van der Waals surface area contributed by atoms with E-state index in [4.69, 9.17) is 4.74 Å². The Morgan fingerprint density at radius 3 is 2.55 bits per heavy atom. The van der Waals surface area contributed by atoms with Crippen LogP contribution < -0.4 is 14.8 Å². The van der Waals surface area contributed by atoms with E-state index in [9.17, 15) is 23.3 Å². The first-order valence-corrected chi connectivity index (χ1v) is 10.4. The van der Waals surface area contributed by atoms with Gasteiger partial charge in [-0.15, -0.1) is 0 Å². The lowest BCUT2D eigenvalue weighted by Gasteiger charge is -2.12. The predicted molar refractivity (Wildman–Crippen MR) is 109 cm³/mol. The summed E-state index contributed by atoms with van der Waals surface area (Å²) in [5, 5.41) is 13.6. The second kappa shape index (κ2) is 9.48. The number of aryl methyl sites for hydroxylation is 1. The van der Waals surface area contributed by atoms with Gasteiger partial charge in [0.1, 0.15) is 5.75 Å². The molecule has 0 aromatic heterocycles. The first-order chi connectivity index (χ1) is 13.7. The molecule has 156 valence electrons. The van der Waals surface area contributed by atoms with Gasteiger partial charge in [0.15, 0.2) is 6.61 Å². The number of nitrogens with one attached hydrogen (secondary N) is 2. The zero-order chi connectivity index (χ0) is 21.6. The van der Waals surface area contributed by atoms with E-state index in [-0.39, 0.29) is 17.2 Å². The van der Waals surface area contributed by atoms with Crippen LogP contribution in [0.25, 0.3) is 0 Å². The Balaban J connectivity index is 2.04. The van der Waals surface area contributed by atoms with Gasteiger partial charge in [0.05, 0.1) is 21.1 Å². The van der Waals surface area contributed by atoms with Crippen molar-refractivity contribution >= 4 is 27.3 Å². The number of nitrogens with zero attached hydrogens (tertiary/aromatic N) is 1. The summed E-state index contributed by atoms with van der Waals surface area (Å²) < 4.78 is 32.3. The molecule has 9 nitrogen and oxygen atoms in total.